The SMILES string of the molecule is Cc1[nH]c2c(c1C(=O)N1CCCC1)CC/C2=C1/C(=O)Nc2ncccc21. The third-order valence-electron chi connectivity index (χ3n) is 5.66. The number of pyridine rings is 1. The predicted octanol–water partition coefficient (Wildman–Crippen LogP) is 2.76. The zero-order valence-electron chi connectivity index (χ0n) is 14.7. The Balaban J connectivity index is 1.63. The van der Waals surface area contributed by atoms with Crippen LogP contribution in [-0.2, 0) is 11.2 Å². The average molecular weight is 348 g/mol. The smallest absolute Gasteiger partial charge is 0.257 e. The van der Waals surface area contributed by atoms with Gasteiger partial charge in [0.15, 0.2) is 0 Å². The number of H-pyrrole nitrogens is 1. The number of aromatic nitrogens is 2. The van der Waals surface area contributed by atoms with Crippen molar-refractivity contribution >= 4 is 28.8 Å². The Morgan fingerprint density at radius 2 is 2.04 bits per heavy atom. The molecule has 132 valence electrons. The molecule has 3 aliphatic rings. The summed E-state index contributed by atoms with van der Waals surface area (Å²) in [6.45, 7) is 3.63. The first kappa shape index (κ1) is 15.4. The van der Waals surface area contributed by atoms with Crippen LogP contribution in [0.3, 0.4) is 0 Å². The molecular weight excluding hydrogens is 328 g/mol. The van der Waals surface area contributed by atoms with Gasteiger partial charge in [-0.2, -0.15) is 0 Å². The second-order valence-corrected chi connectivity index (χ2v) is 7.19. The fourth-order valence-electron chi connectivity index (χ4n) is 4.48. The molecule has 1 saturated heterocycles. The molecule has 2 aromatic heterocycles. The van der Waals surface area contributed by atoms with Crippen molar-refractivity contribution in [1.29, 1.82) is 0 Å². The van der Waals surface area contributed by atoms with E-state index in [0.29, 0.717) is 11.4 Å². The number of amides is 2. The molecule has 6 nitrogen and oxygen atoms in total. The van der Waals surface area contributed by atoms with E-state index < -0.39 is 0 Å². The molecule has 6 heteroatoms. The van der Waals surface area contributed by atoms with Crippen molar-refractivity contribution in [1.82, 2.24) is 14.9 Å². The molecule has 0 saturated carbocycles. The summed E-state index contributed by atoms with van der Waals surface area (Å²) in [6.07, 6.45) is 5.39. The second kappa shape index (κ2) is 5.56. The largest absolute Gasteiger partial charge is 0.358 e. The van der Waals surface area contributed by atoms with Gasteiger partial charge in [-0.3, -0.25) is 9.59 Å². The number of hydrogen-bond donors (Lipinski definition) is 2. The number of hydrogen-bond acceptors (Lipinski definition) is 3. The molecule has 0 radical (unpaired) electrons. The van der Waals surface area contributed by atoms with Crippen LogP contribution < -0.4 is 5.32 Å². The lowest BCUT2D eigenvalue weighted by molar-refractivity contribution is -0.110. The van der Waals surface area contributed by atoms with Gasteiger partial charge in [0.05, 0.1) is 11.1 Å². The maximum atomic E-state index is 13.0. The minimum Gasteiger partial charge on any atom is -0.358 e. The van der Waals surface area contributed by atoms with E-state index in [1.165, 1.54) is 0 Å². The Bertz CT molecular complexity index is 980. The first-order valence-corrected chi connectivity index (χ1v) is 9.16. The highest BCUT2D eigenvalue weighted by atomic mass is 16.2. The molecule has 0 spiro atoms. The maximum absolute atomic E-state index is 13.0. The van der Waals surface area contributed by atoms with Gasteiger partial charge < -0.3 is 15.2 Å². The molecule has 0 unspecified atom stereocenters. The number of aryl methyl sites for hydroxylation is 1. The molecule has 2 N–H and O–H groups in total. The number of likely N-dealkylation sites (tertiary alicyclic amines) is 1. The van der Waals surface area contributed by atoms with Gasteiger partial charge in [-0.05, 0) is 55.9 Å². The molecule has 4 heterocycles. The van der Waals surface area contributed by atoms with E-state index in [9.17, 15) is 9.59 Å². The van der Waals surface area contributed by atoms with Crippen LogP contribution in [-0.4, -0.2) is 39.8 Å². The first-order chi connectivity index (χ1) is 12.6. The molecule has 0 atom stereocenters. The van der Waals surface area contributed by atoms with E-state index in [-0.39, 0.29) is 11.8 Å². The number of aromatic amines is 1. The monoisotopic (exact) mass is 348 g/mol. The first-order valence-electron chi connectivity index (χ1n) is 9.16. The van der Waals surface area contributed by atoms with Gasteiger partial charge in [-0.15, -0.1) is 0 Å². The van der Waals surface area contributed by atoms with Crippen LogP contribution in [0.15, 0.2) is 18.3 Å². The fraction of sp³-hybridized carbons (Fsp3) is 0.350. The summed E-state index contributed by atoms with van der Waals surface area (Å²) in [5, 5.41) is 2.85. The lowest BCUT2D eigenvalue weighted by atomic mass is 10.0. The van der Waals surface area contributed by atoms with E-state index in [4.69, 9.17) is 0 Å². The zero-order valence-corrected chi connectivity index (χ0v) is 14.7. The van der Waals surface area contributed by atoms with Crippen molar-refractivity contribution in [3.05, 3.63) is 46.4 Å². The van der Waals surface area contributed by atoms with Crippen molar-refractivity contribution in [3.8, 4) is 0 Å². The van der Waals surface area contributed by atoms with Crippen molar-refractivity contribution in [2.75, 3.05) is 18.4 Å². The van der Waals surface area contributed by atoms with Crippen molar-refractivity contribution in [2.45, 2.75) is 32.6 Å². The molecule has 2 aliphatic heterocycles. The normalized spacial score (nSPS) is 21.1. The fourth-order valence-corrected chi connectivity index (χ4v) is 4.48. The number of nitrogens with one attached hydrogen (secondary N) is 2. The third kappa shape index (κ3) is 2.08. The number of nitrogens with zero attached hydrogens (tertiary/aromatic N) is 2. The summed E-state index contributed by atoms with van der Waals surface area (Å²) in [5.41, 5.74) is 6.25. The number of carbonyl (C=O) groups is 2. The molecule has 1 aliphatic carbocycles. The van der Waals surface area contributed by atoms with Crippen LogP contribution >= 0.6 is 0 Å². The number of rotatable bonds is 1. The lowest BCUT2D eigenvalue weighted by Crippen LogP contribution is -2.28. The van der Waals surface area contributed by atoms with Crippen LogP contribution in [0.4, 0.5) is 5.82 Å². The predicted molar refractivity (Wildman–Crippen MR) is 98.7 cm³/mol. The van der Waals surface area contributed by atoms with Gasteiger partial charge in [0, 0.05) is 36.2 Å². The van der Waals surface area contributed by atoms with Crippen LogP contribution in [0.5, 0.6) is 0 Å². The van der Waals surface area contributed by atoms with E-state index in [2.05, 4.69) is 15.3 Å². The van der Waals surface area contributed by atoms with Crippen LogP contribution in [0.2, 0.25) is 0 Å². The minimum absolute atomic E-state index is 0.110. The summed E-state index contributed by atoms with van der Waals surface area (Å²) >= 11 is 0. The number of carbonyl (C=O) groups excluding carboxylic acids is 2. The highest BCUT2D eigenvalue weighted by Crippen LogP contribution is 2.43. The summed E-state index contributed by atoms with van der Waals surface area (Å²) in [6, 6.07) is 3.77. The van der Waals surface area contributed by atoms with Gasteiger partial charge in [0.25, 0.3) is 11.8 Å². The standard InChI is InChI=1S/C20H20N4O2/c1-11-15(20(26)24-9-2-3-10-24)12-6-7-13(17(12)22-11)16-14-5-4-8-21-18(14)23-19(16)25/h4-5,8,22H,2-3,6-7,9-10H2,1H3,(H,21,23,25)/b16-13-. The van der Waals surface area contributed by atoms with Crippen LogP contribution in [0, 0.1) is 6.92 Å². The van der Waals surface area contributed by atoms with Crippen LogP contribution in [0.1, 0.15) is 52.1 Å². The van der Waals surface area contributed by atoms with Gasteiger partial charge in [0.1, 0.15) is 5.82 Å². The molecule has 1 fully saturated rings. The number of anilines is 1. The Morgan fingerprint density at radius 1 is 1.23 bits per heavy atom. The molecule has 26 heavy (non-hydrogen) atoms. The quantitative estimate of drug-likeness (QED) is 0.778. The van der Waals surface area contributed by atoms with Crippen molar-refractivity contribution < 1.29 is 9.59 Å². The number of fused-ring (bicyclic) bond motifs is 2. The summed E-state index contributed by atoms with van der Waals surface area (Å²) in [5.74, 6) is 0.632. The van der Waals surface area contributed by atoms with E-state index in [0.717, 1.165) is 72.4 Å². The zero-order chi connectivity index (χ0) is 17.8. The van der Waals surface area contributed by atoms with E-state index in [1.807, 2.05) is 24.0 Å². The number of allylic oxidation sites excluding steroid dienone is 1. The highest BCUT2D eigenvalue weighted by molar-refractivity contribution is 6.36. The van der Waals surface area contributed by atoms with Crippen molar-refractivity contribution in [2.24, 2.45) is 0 Å². The Kier molecular flexibility index (Phi) is 3.29. The third-order valence-corrected chi connectivity index (χ3v) is 5.66. The molecule has 5 rings (SSSR count). The molecular formula is C20H20N4O2. The topological polar surface area (TPSA) is 78.1 Å². The lowest BCUT2D eigenvalue weighted by Gasteiger charge is -2.15. The van der Waals surface area contributed by atoms with Crippen molar-refractivity contribution in [3.63, 3.8) is 0 Å². The Morgan fingerprint density at radius 3 is 2.85 bits per heavy atom. The molecule has 0 bridgehead atoms. The van der Waals surface area contributed by atoms with Gasteiger partial charge in [-0.1, -0.05) is 0 Å². The average Bonchev–Trinajstić information content (AvgIpc) is 3.37. The van der Waals surface area contributed by atoms with Gasteiger partial charge >= 0.3 is 0 Å². The van der Waals surface area contributed by atoms with E-state index >= 15 is 0 Å². The highest BCUT2D eigenvalue weighted by Gasteiger charge is 2.35. The van der Waals surface area contributed by atoms with Gasteiger partial charge in [0.2, 0.25) is 0 Å². The summed E-state index contributed by atoms with van der Waals surface area (Å²) in [7, 11) is 0. The Labute approximate surface area is 151 Å². The van der Waals surface area contributed by atoms with E-state index in [1.54, 1.807) is 6.20 Å². The molecule has 2 amide bonds. The summed E-state index contributed by atoms with van der Waals surface area (Å²) < 4.78 is 0. The second-order valence-electron chi connectivity index (χ2n) is 7.19. The maximum Gasteiger partial charge on any atom is 0.257 e. The van der Waals surface area contributed by atoms with Gasteiger partial charge in [-0.25, -0.2) is 4.98 Å². The minimum atomic E-state index is -0.110. The molecule has 2 aromatic rings. The summed E-state index contributed by atoms with van der Waals surface area (Å²) in [4.78, 5) is 35.1. The Hall–Kier alpha value is -2.89. The molecule has 0 aromatic carbocycles. The van der Waals surface area contributed by atoms with Crippen LogP contribution in [0.25, 0.3) is 11.1 Å².